The van der Waals surface area contributed by atoms with Crippen LogP contribution in [-0.2, 0) is 9.53 Å². The number of rotatable bonds is 18. The first-order valence-corrected chi connectivity index (χ1v) is 11.6. The Labute approximate surface area is 179 Å². The molecule has 0 saturated heterocycles. The van der Waals surface area contributed by atoms with Crippen molar-refractivity contribution < 1.29 is 14.6 Å². The van der Waals surface area contributed by atoms with E-state index < -0.39 is 6.29 Å². The van der Waals surface area contributed by atoms with Crippen LogP contribution in [0.4, 0.5) is 0 Å². The van der Waals surface area contributed by atoms with Crippen LogP contribution in [0.2, 0.25) is 0 Å². The van der Waals surface area contributed by atoms with Crippen molar-refractivity contribution in [3.8, 4) is 0 Å². The lowest BCUT2D eigenvalue weighted by Crippen LogP contribution is -2.21. The topological polar surface area (TPSA) is 46.5 Å². The Morgan fingerprint density at radius 1 is 0.793 bits per heavy atom. The molecule has 0 bridgehead atoms. The largest absolute Gasteiger partial charge is 0.436 e. The summed E-state index contributed by atoms with van der Waals surface area (Å²) in [5.74, 6) is -0.543. The lowest BCUT2D eigenvalue weighted by molar-refractivity contribution is -0.172. The summed E-state index contributed by atoms with van der Waals surface area (Å²) >= 11 is 0. The van der Waals surface area contributed by atoms with Crippen molar-refractivity contribution in [2.75, 3.05) is 0 Å². The Bertz CT molecular complexity index is 486. The first kappa shape index (κ1) is 27.4. The Morgan fingerprint density at radius 3 is 1.97 bits per heavy atom. The third kappa shape index (κ3) is 20.9. The monoisotopic (exact) mass is 404 g/mol. The first-order chi connectivity index (χ1) is 14.1. The molecule has 0 amide bonds. The molecule has 1 atom stereocenters. The molecule has 0 saturated carbocycles. The molecule has 3 heteroatoms. The van der Waals surface area contributed by atoms with Gasteiger partial charge in [-0.2, -0.15) is 0 Å². The second-order valence-electron chi connectivity index (χ2n) is 7.77. The lowest BCUT2D eigenvalue weighted by Gasteiger charge is -2.12. The van der Waals surface area contributed by atoms with E-state index in [-0.39, 0.29) is 11.9 Å². The van der Waals surface area contributed by atoms with Crippen molar-refractivity contribution in [1.82, 2.24) is 0 Å². The van der Waals surface area contributed by atoms with Crippen molar-refractivity contribution >= 4 is 5.97 Å². The summed E-state index contributed by atoms with van der Waals surface area (Å²) in [5.41, 5.74) is 0. The van der Waals surface area contributed by atoms with E-state index in [1.807, 2.05) is 0 Å². The summed E-state index contributed by atoms with van der Waals surface area (Å²) in [7, 11) is 0. The van der Waals surface area contributed by atoms with E-state index in [2.05, 4.69) is 55.5 Å². The second kappa shape index (κ2) is 21.1. The number of aliphatic hydroxyl groups excluding tert-OH is 1. The van der Waals surface area contributed by atoms with Gasteiger partial charge in [0.15, 0.2) is 0 Å². The van der Waals surface area contributed by atoms with Gasteiger partial charge in [0, 0.05) is 6.42 Å². The molecule has 0 aromatic heterocycles. The van der Waals surface area contributed by atoms with Crippen molar-refractivity contribution in [1.29, 1.82) is 0 Å². The summed E-state index contributed by atoms with van der Waals surface area (Å²) in [5, 5.41) is 9.63. The number of aliphatic hydroxyl groups is 1. The summed E-state index contributed by atoms with van der Waals surface area (Å²) in [6.45, 7) is 5.69. The zero-order chi connectivity index (χ0) is 21.6. The van der Waals surface area contributed by atoms with Crippen LogP contribution in [0.5, 0.6) is 0 Å². The smallest absolute Gasteiger partial charge is 0.310 e. The Balaban J connectivity index is 3.43. The maximum Gasteiger partial charge on any atom is 0.310 e. The van der Waals surface area contributed by atoms with Gasteiger partial charge in [-0.05, 0) is 51.4 Å². The number of carbonyl (C=O) groups excluding carboxylic acids is 1. The summed E-state index contributed by atoms with van der Waals surface area (Å²) in [4.78, 5) is 11.3. The number of ether oxygens (including phenoxy) is 1. The van der Waals surface area contributed by atoms with Gasteiger partial charge in [-0.1, -0.05) is 88.6 Å². The summed E-state index contributed by atoms with van der Waals surface area (Å²) < 4.78 is 4.92. The van der Waals surface area contributed by atoms with Crippen molar-refractivity contribution in [2.24, 2.45) is 5.92 Å². The molecular weight excluding hydrogens is 360 g/mol. The molecule has 0 fully saturated rings. The SMILES string of the molecule is CC/C=C/C/C=C/CCCCCCC/C=C/C=C/CCCC(O)OC(=O)C(C)C. The molecule has 0 aromatic carbocycles. The Hall–Kier alpha value is -1.61. The number of hydrogen-bond donors (Lipinski definition) is 1. The highest BCUT2D eigenvalue weighted by molar-refractivity contribution is 5.71. The minimum atomic E-state index is -0.979. The van der Waals surface area contributed by atoms with E-state index in [0.29, 0.717) is 6.42 Å². The molecule has 0 spiro atoms. The lowest BCUT2D eigenvalue weighted by atomic mass is 10.1. The molecule has 0 aliphatic carbocycles. The van der Waals surface area contributed by atoms with E-state index in [1.165, 1.54) is 38.5 Å². The van der Waals surface area contributed by atoms with Gasteiger partial charge in [0.05, 0.1) is 5.92 Å². The van der Waals surface area contributed by atoms with Crippen LogP contribution in [0.3, 0.4) is 0 Å². The van der Waals surface area contributed by atoms with Gasteiger partial charge in [0.25, 0.3) is 0 Å². The minimum Gasteiger partial charge on any atom is -0.436 e. The second-order valence-corrected chi connectivity index (χ2v) is 7.77. The highest BCUT2D eigenvalue weighted by Gasteiger charge is 2.13. The molecule has 1 unspecified atom stereocenters. The zero-order valence-electron chi connectivity index (χ0n) is 19.0. The van der Waals surface area contributed by atoms with Crippen molar-refractivity contribution in [3.63, 3.8) is 0 Å². The first-order valence-electron chi connectivity index (χ1n) is 11.6. The highest BCUT2D eigenvalue weighted by atomic mass is 16.6. The predicted molar refractivity (Wildman–Crippen MR) is 125 cm³/mol. The molecule has 0 rings (SSSR count). The highest BCUT2D eigenvalue weighted by Crippen LogP contribution is 2.09. The van der Waals surface area contributed by atoms with Gasteiger partial charge in [-0.25, -0.2) is 0 Å². The Morgan fingerprint density at radius 2 is 1.34 bits per heavy atom. The fourth-order valence-electron chi connectivity index (χ4n) is 2.70. The van der Waals surface area contributed by atoms with E-state index in [0.717, 1.165) is 32.1 Å². The molecule has 0 aromatic rings. The standard InChI is InChI=1S/C26H44O3/c1-4-5-6-7-8-9-10-11-12-13-14-15-16-17-18-19-20-21-22-23-25(27)29-26(28)24(2)3/h5-6,8-9,17-20,24-25,27H,4,7,10-16,21-23H2,1-3H3/b6-5+,9-8+,18-17+,20-19+. The third-order valence-corrected chi connectivity index (χ3v) is 4.51. The van der Waals surface area contributed by atoms with E-state index in [9.17, 15) is 9.90 Å². The van der Waals surface area contributed by atoms with Crippen LogP contribution < -0.4 is 0 Å². The van der Waals surface area contributed by atoms with Crippen LogP contribution >= 0.6 is 0 Å². The predicted octanol–water partition coefficient (Wildman–Crippen LogP) is 7.43. The normalized spacial score (nSPS) is 13.6. The van der Waals surface area contributed by atoms with Crippen LogP contribution in [0.25, 0.3) is 0 Å². The van der Waals surface area contributed by atoms with Crippen molar-refractivity contribution in [2.45, 2.75) is 104 Å². The molecule has 0 radical (unpaired) electrons. The fourth-order valence-corrected chi connectivity index (χ4v) is 2.70. The van der Waals surface area contributed by atoms with Crippen LogP contribution in [-0.4, -0.2) is 17.4 Å². The molecule has 3 nitrogen and oxygen atoms in total. The molecule has 0 aliphatic heterocycles. The summed E-state index contributed by atoms with van der Waals surface area (Å²) in [6.07, 6.45) is 29.8. The van der Waals surface area contributed by atoms with Crippen LogP contribution in [0.1, 0.15) is 97.8 Å². The number of carbonyl (C=O) groups is 1. The molecule has 166 valence electrons. The maximum atomic E-state index is 11.3. The minimum absolute atomic E-state index is 0.199. The molecule has 29 heavy (non-hydrogen) atoms. The maximum absolute atomic E-state index is 11.3. The van der Waals surface area contributed by atoms with E-state index >= 15 is 0 Å². The van der Waals surface area contributed by atoms with Crippen LogP contribution in [0.15, 0.2) is 48.6 Å². The molecule has 0 aliphatic rings. The average molecular weight is 405 g/mol. The number of esters is 1. The van der Waals surface area contributed by atoms with Crippen molar-refractivity contribution in [3.05, 3.63) is 48.6 Å². The van der Waals surface area contributed by atoms with E-state index in [1.54, 1.807) is 13.8 Å². The Kier molecular flexibility index (Phi) is 19.9. The summed E-state index contributed by atoms with van der Waals surface area (Å²) in [6, 6.07) is 0. The van der Waals surface area contributed by atoms with Gasteiger partial charge in [0.2, 0.25) is 6.29 Å². The van der Waals surface area contributed by atoms with Gasteiger partial charge < -0.3 is 9.84 Å². The average Bonchev–Trinajstić information content (AvgIpc) is 2.69. The molecule has 1 N–H and O–H groups in total. The zero-order valence-corrected chi connectivity index (χ0v) is 19.0. The van der Waals surface area contributed by atoms with Gasteiger partial charge >= 0.3 is 5.97 Å². The van der Waals surface area contributed by atoms with Gasteiger partial charge in [0.1, 0.15) is 0 Å². The third-order valence-electron chi connectivity index (χ3n) is 4.51. The van der Waals surface area contributed by atoms with Gasteiger partial charge in [-0.3, -0.25) is 4.79 Å². The van der Waals surface area contributed by atoms with E-state index in [4.69, 9.17) is 4.74 Å². The quantitative estimate of drug-likeness (QED) is 0.0849. The fraction of sp³-hybridized carbons (Fsp3) is 0.654. The number of hydrogen-bond acceptors (Lipinski definition) is 3. The number of unbranched alkanes of at least 4 members (excludes halogenated alkanes) is 7. The molecule has 0 heterocycles. The molecular formula is C26H44O3. The number of allylic oxidation sites excluding steroid dienone is 8. The van der Waals surface area contributed by atoms with Crippen LogP contribution in [0, 0.1) is 5.92 Å². The van der Waals surface area contributed by atoms with Gasteiger partial charge in [-0.15, -0.1) is 0 Å².